The maximum Gasteiger partial charge on any atom is 0.410 e. The number of anilines is 1. The lowest BCUT2D eigenvalue weighted by atomic mass is 9.97. The SMILES string of the molecule is CC(=O)Nc1ccc2c(COC(=O)C3CCN(C(=O)OC(C)(C)C)CC3)cc(=O)oc2c1. The number of rotatable bonds is 4. The van der Waals surface area contributed by atoms with Crippen LogP contribution in [0.2, 0.25) is 0 Å². The van der Waals surface area contributed by atoms with Crippen molar-refractivity contribution in [1.29, 1.82) is 0 Å². The molecule has 0 atom stereocenters. The number of ether oxygens (including phenoxy) is 2. The first kappa shape index (κ1) is 23.3. The molecule has 32 heavy (non-hydrogen) atoms. The summed E-state index contributed by atoms with van der Waals surface area (Å²) in [6.07, 6.45) is 0.580. The Morgan fingerprint density at radius 2 is 1.84 bits per heavy atom. The van der Waals surface area contributed by atoms with Crippen molar-refractivity contribution in [3.63, 3.8) is 0 Å². The van der Waals surface area contributed by atoms with Crippen molar-refractivity contribution in [1.82, 2.24) is 4.90 Å². The van der Waals surface area contributed by atoms with Gasteiger partial charge in [0.1, 0.15) is 17.8 Å². The average Bonchev–Trinajstić information content (AvgIpc) is 2.69. The van der Waals surface area contributed by atoms with Gasteiger partial charge in [0.05, 0.1) is 5.92 Å². The van der Waals surface area contributed by atoms with Crippen molar-refractivity contribution in [2.45, 2.75) is 52.7 Å². The quantitative estimate of drug-likeness (QED) is 0.567. The van der Waals surface area contributed by atoms with Crippen LogP contribution in [0.15, 0.2) is 33.5 Å². The van der Waals surface area contributed by atoms with Crippen LogP contribution in [0.25, 0.3) is 11.0 Å². The summed E-state index contributed by atoms with van der Waals surface area (Å²) in [7, 11) is 0. The number of benzene rings is 1. The zero-order valence-corrected chi connectivity index (χ0v) is 18.7. The topological polar surface area (TPSA) is 115 Å². The summed E-state index contributed by atoms with van der Waals surface area (Å²) in [6, 6.07) is 6.22. The molecule has 0 spiro atoms. The zero-order chi connectivity index (χ0) is 23.5. The second kappa shape index (κ2) is 9.42. The Balaban J connectivity index is 1.61. The molecule has 1 N–H and O–H groups in total. The van der Waals surface area contributed by atoms with E-state index < -0.39 is 11.2 Å². The molecule has 9 nitrogen and oxygen atoms in total. The molecule has 0 aliphatic carbocycles. The number of hydrogen-bond donors (Lipinski definition) is 1. The number of carbonyl (C=O) groups excluding carboxylic acids is 3. The first-order chi connectivity index (χ1) is 15.0. The molecule has 9 heteroatoms. The molecule has 2 aromatic rings. The summed E-state index contributed by atoms with van der Waals surface area (Å²) in [5.74, 6) is -0.939. The van der Waals surface area contributed by atoms with Crippen molar-refractivity contribution in [2.75, 3.05) is 18.4 Å². The van der Waals surface area contributed by atoms with Crippen LogP contribution >= 0.6 is 0 Å². The fourth-order valence-electron chi connectivity index (χ4n) is 3.52. The maximum atomic E-state index is 12.6. The van der Waals surface area contributed by atoms with E-state index in [9.17, 15) is 19.2 Å². The largest absolute Gasteiger partial charge is 0.461 e. The predicted molar refractivity (Wildman–Crippen MR) is 117 cm³/mol. The number of nitrogens with one attached hydrogen (secondary N) is 1. The lowest BCUT2D eigenvalue weighted by Crippen LogP contribution is -2.43. The van der Waals surface area contributed by atoms with E-state index in [-0.39, 0.29) is 30.5 Å². The minimum atomic E-state index is -0.575. The van der Waals surface area contributed by atoms with Gasteiger partial charge in [-0.3, -0.25) is 9.59 Å². The van der Waals surface area contributed by atoms with E-state index in [1.54, 1.807) is 23.1 Å². The number of likely N-dealkylation sites (tertiary alicyclic amines) is 1. The van der Waals surface area contributed by atoms with E-state index in [0.29, 0.717) is 48.2 Å². The second-order valence-corrected chi connectivity index (χ2v) is 8.83. The molecule has 1 fully saturated rings. The highest BCUT2D eigenvalue weighted by atomic mass is 16.6. The fourth-order valence-corrected chi connectivity index (χ4v) is 3.52. The molecule has 0 saturated carbocycles. The fraction of sp³-hybridized carbons (Fsp3) is 0.478. The van der Waals surface area contributed by atoms with Gasteiger partial charge in [0.25, 0.3) is 0 Å². The van der Waals surface area contributed by atoms with Crippen molar-refractivity contribution in [3.8, 4) is 0 Å². The molecule has 2 heterocycles. The smallest absolute Gasteiger partial charge is 0.410 e. The first-order valence-corrected chi connectivity index (χ1v) is 10.5. The molecule has 1 saturated heterocycles. The second-order valence-electron chi connectivity index (χ2n) is 8.83. The van der Waals surface area contributed by atoms with Gasteiger partial charge in [0, 0.05) is 48.8 Å². The highest BCUT2D eigenvalue weighted by molar-refractivity contribution is 5.92. The van der Waals surface area contributed by atoms with Crippen molar-refractivity contribution >= 4 is 34.6 Å². The van der Waals surface area contributed by atoms with Gasteiger partial charge in [-0.05, 0) is 45.7 Å². The zero-order valence-electron chi connectivity index (χ0n) is 18.7. The van der Waals surface area contributed by atoms with E-state index in [2.05, 4.69) is 5.32 Å². The molecule has 172 valence electrons. The number of fused-ring (bicyclic) bond motifs is 1. The highest BCUT2D eigenvalue weighted by Gasteiger charge is 2.30. The van der Waals surface area contributed by atoms with Crippen LogP contribution in [0.5, 0.6) is 0 Å². The molecular formula is C23H28N2O7. The summed E-state index contributed by atoms with van der Waals surface area (Å²) < 4.78 is 16.1. The number of carbonyl (C=O) groups is 3. The Morgan fingerprint density at radius 1 is 1.16 bits per heavy atom. The van der Waals surface area contributed by atoms with Crippen molar-refractivity contribution in [3.05, 3.63) is 40.2 Å². The minimum Gasteiger partial charge on any atom is -0.461 e. The van der Waals surface area contributed by atoms with E-state index >= 15 is 0 Å². The number of hydrogen-bond acceptors (Lipinski definition) is 7. The Kier molecular flexibility index (Phi) is 6.86. The van der Waals surface area contributed by atoms with Crippen LogP contribution in [0.4, 0.5) is 10.5 Å². The molecule has 1 aliphatic heterocycles. The van der Waals surface area contributed by atoms with Gasteiger partial charge in [0.2, 0.25) is 5.91 Å². The van der Waals surface area contributed by atoms with Crippen LogP contribution in [0.1, 0.15) is 46.1 Å². The molecule has 2 amide bonds. The summed E-state index contributed by atoms with van der Waals surface area (Å²) in [4.78, 5) is 49.5. The predicted octanol–water partition coefficient (Wildman–Crippen LogP) is 3.44. The van der Waals surface area contributed by atoms with E-state index in [0.717, 1.165) is 0 Å². The number of nitrogens with zero attached hydrogens (tertiary/aromatic N) is 1. The summed E-state index contributed by atoms with van der Waals surface area (Å²) in [5.41, 5.74) is 0.167. The summed E-state index contributed by atoms with van der Waals surface area (Å²) in [5, 5.41) is 3.25. The van der Waals surface area contributed by atoms with Gasteiger partial charge < -0.3 is 24.1 Å². The maximum absolute atomic E-state index is 12.6. The van der Waals surface area contributed by atoms with Gasteiger partial charge in [-0.25, -0.2) is 9.59 Å². The van der Waals surface area contributed by atoms with E-state index in [1.807, 2.05) is 20.8 Å². The van der Waals surface area contributed by atoms with E-state index in [4.69, 9.17) is 13.9 Å². The Morgan fingerprint density at radius 3 is 2.47 bits per heavy atom. The van der Waals surface area contributed by atoms with E-state index in [1.165, 1.54) is 13.0 Å². The van der Waals surface area contributed by atoms with Crippen LogP contribution < -0.4 is 10.9 Å². The number of amides is 2. The molecule has 1 aromatic heterocycles. The van der Waals surface area contributed by atoms with Crippen LogP contribution in [-0.4, -0.2) is 41.6 Å². The van der Waals surface area contributed by atoms with Crippen molar-refractivity contribution < 1.29 is 28.3 Å². The molecule has 1 aromatic carbocycles. The normalized spacial score (nSPS) is 14.8. The van der Waals surface area contributed by atoms with Gasteiger partial charge in [0.15, 0.2) is 0 Å². The lowest BCUT2D eigenvalue weighted by molar-refractivity contribution is -0.151. The Hall–Kier alpha value is -3.36. The summed E-state index contributed by atoms with van der Waals surface area (Å²) in [6.45, 7) is 7.56. The average molecular weight is 444 g/mol. The van der Waals surface area contributed by atoms with Gasteiger partial charge >= 0.3 is 17.7 Å². The molecule has 0 bridgehead atoms. The van der Waals surface area contributed by atoms with Gasteiger partial charge in [-0.1, -0.05) is 0 Å². The van der Waals surface area contributed by atoms with Crippen LogP contribution in [0, 0.1) is 5.92 Å². The van der Waals surface area contributed by atoms with Crippen molar-refractivity contribution in [2.24, 2.45) is 5.92 Å². The molecule has 3 rings (SSSR count). The standard InChI is InChI=1S/C23H28N2O7/c1-14(26)24-17-5-6-18-16(11-20(27)31-19(18)12-17)13-30-21(28)15-7-9-25(10-8-15)22(29)32-23(2,3)4/h5-6,11-12,15H,7-10,13H2,1-4H3,(H,24,26). The highest BCUT2D eigenvalue weighted by Crippen LogP contribution is 2.24. The van der Waals surface area contributed by atoms with Crippen LogP contribution in [0.3, 0.4) is 0 Å². The Labute approximate surface area is 185 Å². The van der Waals surface area contributed by atoms with Crippen LogP contribution in [-0.2, 0) is 25.7 Å². The molecule has 0 unspecified atom stereocenters. The number of piperidine rings is 1. The lowest BCUT2D eigenvalue weighted by Gasteiger charge is -2.32. The first-order valence-electron chi connectivity index (χ1n) is 10.5. The third kappa shape index (κ3) is 6.09. The Bertz CT molecular complexity index is 1080. The molecule has 0 radical (unpaired) electrons. The summed E-state index contributed by atoms with van der Waals surface area (Å²) >= 11 is 0. The third-order valence-corrected chi connectivity index (χ3v) is 5.00. The number of esters is 1. The third-order valence-electron chi connectivity index (χ3n) is 5.00. The molecular weight excluding hydrogens is 416 g/mol. The minimum absolute atomic E-state index is 0.0767. The van der Waals surface area contributed by atoms with Gasteiger partial charge in [-0.15, -0.1) is 0 Å². The molecule has 1 aliphatic rings. The van der Waals surface area contributed by atoms with Gasteiger partial charge in [-0.2, -0.15) is 0 Å². The monoisotopic (exact) mass is 444 g/mol.